The number of rotatable bonds is 4. The average Bonchev–Trinajstić information content (AvgIpc) is 2.71. The number of nitrogens with one attached hydrogen (secondary N) is 1. The normalized spacial score (nSPS) is 14.1. The van der Waals surface area contributed by atoms with Crippen LogP contribution in [-0.4, -0.2) is 0 Å². The van der Waals surface area contributed by atoms with Gasteiger partial charge in [0, 0.05) is 11.3 Å². The number of anilines is 2. The number of allylic oxidation sites excluding steroid dienone is 3. The maximum absolute atomic E-state index is 6.20. The summed E-state index contributed by atoms with van der Waals surface area (Å²) in [5, 5.41) is 3.63. The second kappa shape index (κ2) is 7.32. The van der Waals surface area contributed by atoms with E-state index in [4.69, 9.17) is 5.73 Å². The fourth-order valence-electron chi connectivity index (χ4n) is 3.45. The number of nitrogen functional groups attached to an aromatic ring is 1. The van der Waals surface area contributed by atoms with Gasteiger partial charge in [0.05, 0.1) is 11.4 Å². The predicted octanol–water partition coefficient (Wildman–Crippen LogP) is 5.97. The first-order valence-corrected chi connectivity index (χ1v) is 8.99. The Bertz CT molecular complexity index is 954. The first-order valence-electron chi connectivity index (χ1n) is 8.99. The highest BCUT2D eigenvalue weighted by Gasteiger charge is 2.19. The molecule has 4 rings (SSSR count). The lowest BCUT2D eigenvalue weighted by atomic mass is 9.87. The molecule has 128 valence electrons. The van der Waals surface area contributed by atoms with Crippen molar-refractivity contribution in [2.24, 2.45) is 0 Å². The van der Waals surface area contributed by atoms with Gasteiger partial charge >= 0.3 is 0 Å². The van der Waals surface area contributed by atoms with Crippen molar-refractivity contribution in [1.82, 2.24) is 0 Å². The van der Waals surface area contributed by atoms with Crippen LogP contribution in [0.1, 0.15) is 24.0 Å². The Balaban J connectivity index is 1.85. The van der Waals surface area contributed by atoms with Crippen LogP contribution in [0, 0.1) is 0 Å². The third-order valence-corrected chi connectivity index (χ3v) is 4.74. The van der Waals surface area contributed by atoms with E-state index in [-0.39, 0.29) is 0 Å². The van der Waals surface area contributed by atoms with Crippen LogP contribution >= 0.6 is 0 Å². The molecule has 0 saturated carbocycles. The van der Waals surface area contributed by atoms with E-state index in [2.05, 4.69) is 72.1 Å². The van der Waals surface area contributed by atoms with Gasteiger partial charge in [-0.25, -0.2) is 0 Å². The molecule has 3 aromatic rings. The Labute approximate surface area is 154 Å². The van der Waals surface area contributed by atoms with Gasteiger partial charge in [-0.2, -0.15) is 0 Å². The number of benzene rings is 3. The lowest BCUT2D eigenvalue weighted by Gasteiger charge is -2.25. The second-order valence-electron chi connectivity index (χ2n) is 6.45. The lowest BCUT2D eigenvalue weighted by molar-refractivity contribution is 1.04. The van der Waals surface area contributed by atoms with Crippen molar-refractivity contribution in [3.05, 3.63) is 108 Å². The van der Waals surface area contributed by atoms with Gasteiger partial charge in [-0.3, -0.25) is 0 Å². The molecule has 1 aliphatic rings. The predicted molar refractivity (Wildman–Crippen MR) is 111 cm³/mol. The lowest BCUT2D eigenvalue weighted by Crippen LogP contribution is -2.10. The summed E-state index contributed by atoms with van der Waals surface area (Å²) in [6.45, 7) is 0. The summed E-state index contributed by atoms with van der Waals surface area (Å²) in [7, 11) is 0. The quantitative estimate of drug-likeness (QED) is 0.575. The van der Waals surface area contributed by atoms with Crippen LogP contribution in [0.25, 0.3) is 11.1 Å². The van der Waals surface area contributed by atoms with E-state index in [0.717, 1.165) is 29.9 Å². The summed E-state index contributed by atoms with van der Waals surface area (Å²) in [4.78, 5) is 0. The maximum atomic E-state index is 6.20. The number of hydrogen-bond donors (Lipinski definition) is 2. The van der Waals surface area contributed by atoms with Gasteiger partial charge in [0.25, 0.3) is 0 Å². The maximum Gasteiger partial charge on any atom is 0.0618 e. The van der Waals surface area contributed by atoms with Gasteiger partial charge in [0.15, 0.2) is 0 Å². The van der Waals surface area contributed by atoms with Crippen molar-refractivity contribution in [2.45, 2.75) is 12.8 Å². The SMILES string of the molecule is Nc1ccccc1NC1=C(c2ccccc2)CCC=C1c1ccccc1. The van der Waals surface area contributed by atoms with Gasteiger partial charge in [-0.1, -0.05) is 78.9 Å². The van der Waals surface area contributed by atoms with E-state index in [0.29, 0.717) is 0 Å². The van der Waals surface area contributed by atoms with E-state index in [1.165, 1.54) is 22.3 Å². The molecule has 26 heavy (non-hydrogen) atoms. The summed E-state index contributed by atoms with van der Waals surface area (Å²) in [5.74, 6) is 0. The van der Waals surface area contributed by atoms with Gasteiger partial charge in [0.1, 0.15) is 0 Å². The third-order valence-electron chi connectivity index (χ3n) is 4.74. The van der Waals surface area contributed by atoms with Crippen LogP contribution in [0.15, 0.2) is 96.7 Å². The zero-order chi connectivity index (χ0) is 17.8. The number of para-hydroxylation sites is 2. The molecule has 0 atom stereocenters. The number of hydrogen-bond acceptors (Lipinski definition) is 2. The van der Waals surface area contributed by atoms with Crippen molar-refractivity contribution in [2.75, 3.05) is 11.1 Å². The highest BCUT2D eigenvalue weighted by molar-refractivity contribution is 5.94. The van der Waals surface area contributed by atoms with Crippen molar-refractivity contribution in [3.8, 4) is 0 Å². The average molecular weight is 338 g/mol. The molecule has 2 heteroatoms. The van der Waals surface area contributed by atoms with Gasteiger partial charge < -0.3 is 11.1 Å². The van der Waals surface area contributed by atoms with E-state index in [1.54, 1.807) is 0 Å². The van der Waals surface area contributed by atoms with Crippen molar-refractivity contribution in [1.29, 1.82) is 0 Å². The molecule has 3 N–H and O–H groups in total. The summed E-state index contributed by atoms with van der Waals surface area (Å²) < 4.78 is 0. The first-order chi connectivity index (χ1) is 12.8. The summed E-state index contributed by atoms with van der Waals surface area (Å²) >= 11 is 0. The molecule has 2 nitrogen and oxygen atoms in total. The third kappa shape index (κ3) is 3.27. The van der Waals surface area contributed by atoms with E-state index in [9.17, 15) is 0 Å². The second-order valence-corrected chi connectivity index (χ2v) is 6.45. The molecule has 0 aromatic heterocycles. The summed E-state index contributed by atoms with van der Waals surface area (Å²) in [5.41, 5.74) is 14.1. The Morgan fingerprint density at radius 3 is 2.00 bits per heavy atom. The molecule has 0 unspecified atom stereocenters. The minimum atomic E-state index is 0.755. The molecule has 0 saturated heterocycles. The van der Waals surface area contributed by atoms with Crippen molar-refractivity contribution >= 4 is 22.5 Å². The van der Waals surface area contributed by atoms with E-state index in [1.807, 2.05) is 24.3 Å². The molecular weight excluding hydrogens is 316 g/mol. The minimum Gasteiger partial charge on any atom is -0.397 e. The Morgan fingerprint density at radius 2 is 1.31 bits per heavy atom. The first kappa shape index (κ1) is 16.2. The molecule has 0 amide bonds. The molecule has 0 spiro atoms. The molecule has 3 aromatic carbocycles. The fraction of sp³-hybridized carbons (Fsp3) is 0.0833. The number of nitrogens with two attached hydrogens (primary N) is 1. The van der Waals surface area contributed by atoms with Gasteiger partial charge in [0.2, 0.25) is 0 Å². The molecule has 0 aliphatic heterocycles. The zero-order valence-electron chi connectivity index (χ0n) is 14.7. The molecule has 1 aliphatic carbocycles. The standard InChI is InChI=1S/C24H22N2/c25-22-16-7-8-17-23(22)26-24-20(18-10-3-1-4-11-18)14-9-15-21(24)19-12-5-2-6-13-19/h1-8,10-14,16-17,26H,9,15,25H2. The van der Waals surface area contributed by atoms with Crippen molar-refractivity contribution in [3.63, 3.8) is 0 Å². The topological polar surface area (TPSA) is 38.0 Å². The monoisotopic (exact) mass is 338 g/mol. The molecule has 0 bridgehead atoms. The highest BCUT2D eigenvalue weighted by Crippen LogP contribution is 2.38. The van der Waals surface area contributed by atoms with Crippen LogP contribution in [0.2, 0.25) is 0 Å². The zero-order valence-corrected chi connectivity index (χ0v) is 14.7. The molecular formula is C24H22N2. The van der Waals surface area contributed by atoms with Crippen LogP contribution in [0.3, 0.4) is 0 Å². The largest absolute Gasteiger partial charge is 0.397 e. The molecule has 0 fully saturated rings. The highest BCUT2D eigenvalue weighted by atomic mass is 14.9. The van der Waals surface area contributed by atoms with Crippen LogP contribution in [0.4, 0.5) is 11.4 Å². The summed E-state index contributed by atoms with van der Waals surface area (Å²) in [6.07, 6.45) is 4.36. The fourth-order valence-corrected chi connectivity index (χ4v) is 3.45. The minimum absolute atomic E-state index is 0.755. The van der Waals surface area contributed by atoms with Crippen LogP contribution < -0.4 is 11.1 Å². The Kier molecular flexibility index (Phi) is 4.57. The van der Waals surface area contributed by atoms with Crippen LogP contribution in [0.5, 0.6) is 0 Å². The molecule has 0 heterocycles. The van der Waals surface area contributed by atoms with Gasteiger partial charge in [-0.15, -0.1) is 0 Å². The van der Waals surface area contributed by atoms with E-state index >= 15 is 0 Å². The van der Waals surface area contributed by atoms with E-state index < -0.39 is 0 Å². The van der Waals surface area contributed by atoms with Crippen molar-refractivity contribution < 1.29 is 0 Å². The van der Waals surface area contributed by atoms with Crippen LogP contribution in [-0.2, 0) is 0 Å². The summed E-state index contributed by atoms with van der Waals surface area (Å²) in [6, 6.07) is 29.1. The Morgan fingerprint density at radius 1 is 0.692 bits per heavy atom. The molecule has 0 radical (unpaired) electrons. The smallest absolute Gasteiger partial charge is 0.0618 e. The Hall–Kier alpha value is -3.26. The van der Waals surface area contributed by atoms with Gasteiger partial charge in [-0.05, 0) is 41.7 Å².